The van der Waals surface area contributed by atoms with Crippen molar-refractivity contribution in [3.63, 3.8) is 0 Å². The number of hydrogen-bond acceptors (Lipinski definition) is 5. The average Bonchev–Trinajstić information content (AvgIpc) is 3.13. The van der Waals surface area contributed by atoms with Crippen LogP contribution in [0.15, 0.2) is 41.5 Å². The van der Waals surface area contributed by atoms with Gasteiger partial charge in [-0.2, -0.15) is 0 Å². The summed E-state index contributed by atoms with van der Waals surface area (Å²) in [7, 11) is 1.65. The lowest BCUT2D eigenvalue weighted by molar-refractivity contribution is 0.0188. The molecule has 9 nitrogen and oxygen atoms in total. The predicted octanol–water partition coefficient (Wildman–Crippen LogP) is 4.38. The summed E-state index contributed by atoms with van der Waals surface area (Å²) in [5.74, 6) is -0.944. The van der Waals surface area contributed by atoms with Crippen molar-refractivity contribution in [3.8, 4) is 5.69 Å². The second-order valence-corrected chi connectivity index (χ2v) is 10.7. The standard InChI is InChI=1S/C27H34FN5O4/c1-17(2)30(6)24(34)20-15-18(28)7-8-21(20)33-23-16-29-12-9-22(23)32(25(33)35)19-10-13-31(14-11-19)26(36)37-27(3,4)5/h7-9,12,15-17,19H,10-11,13-14H2,1-6H3. The van der Waals surface area contributed by atoms with Crippen LogP contribution in [0.2, 0.25) is 0 Å². The Balaban J connectivity index is 1.75. The van der Waals surface area contributed by atoms with Gasteiger partial charge < -0.3 is 14.5 Å². The first-order chi connectivity index (χ1) is 17.4. The number of imidazole rings is 1. The Kier molecular flexibility index (Phi) is 7.12. The molecule has 3 aromatic rings. The number of fused-ring (bicyclic) bond motifs is 1. The number of likely N-dealkylation sites (tertiary alicyclic amines) is 1. The zero-order valence-corrected chi connectivity index (χ0v) is 22.2. The number of ether oxygens (including phenoxy) is 1. The van der Waals surface area contributed by atoms with E-state index in [0.29, 0.717) is 42.7 Å². The molecule has 2 aromatic heterocycles. The molecule has 1 aliphatic rings. The highest BCUT2D eigenvalue weighted by molar-refractivity contribution is 5.98. The molecule has 198 valence electrons. The number of carbonyl (C=O) groups is 2. The predicted molar refractivity (Wildman–Crippen MR) is 139 cm³/mol. The first kappa shape index (κ1) is 26.4. The van der Waals surface area contributed by atoms with Gasteiger partial charge in [0.05, 0.1) is 28.5 Å². The van der Waals surface area contributed by atoms with Crippen molar-refractivity contribution in [3.05, 3.63) is 58.5 Å². The highest BCUT2D eigenvalue weighted by atomic mass is 19.1. The van der Waals surface area contributed by atoms with Gasteiger partial charge in [-0.05, 0) is 71.7 Å². The van der Waals surface area contributed by atoms with Crippen LogP contribution >= 0.6 is 0 Å². The second-order valence-electron chi connectivity index (χ2n) is 10.7. The summed E-state index contributed by atoms with van der Waals surface area (Å²) in [4.78, 5) is 47.1. The van der Waals surface area contributed by atoms with E-state index in [1.165, 1.54) is 27.7 Å². The molecule has 1 aliphatic heterocycles. The van der Waals surface area contributed by atoms with Crippen LogP contribution in [-0.2, 0) is 4.74 Å². The van der Waals surface area contributed by atoms with Gasteiger partial charge in [0.25, 0.3) is 5.91 Å². The van der Waals surface area contributed by atoms with Crippen LogP contribution in [0.1, 0.15) is 63.9 Å². The lowest BCUT2D eigenvalue weighted by atomic mass is 10.1. The van der Waals surface area contributed by atoms with Gasteiger partial charge >= 0.3 is 11.8 Å². The number of piperidine rings is 1. The van der Waals surface area contributed by atoms with Crippen LogP contribution in [0.4, 0.5) is 9.18 Å². The van der Waals surface area contributed by atoms with Crippen molar-refractivity contribution >= 4 is 23.0 Å². The Bertz CT molecular complexity index is 1380. The summed E-state index contributed by atoms with van der Waals surface area (Å²) >= 11 is 0. The van der Waals surface area contributed by atoms with Crippen LogP contribution in [0.25, 0.3) is 16.7 Å². The number of halogens is 1. The molecule has 0 bridgehead atoms. The van der Waals surface area contributed by atoms with Gasteiger partial charge in [0.1, 0.15) is 11.4 Å². The summed E-state index contributed by atoms with van der Waals surface area (Å²) in [6.45, 7) is 10.1. The summed E-state index contributed by atoms with van der Waals surface area (Å²) in [5.41, 5.74) is 0.657. The van der Waals surface area contributed by atoms with Crippen molar-refractivity contribution in [2.45, 2.75) is 65.1 Å². The lowest BCUT2D eigenvalue weighted by Gasteiger charge is -2.33. The minimum absolute atomic E-state index is 0.0981. The smallest absolute Gasteiger partial charge is 0.410 e. The van der Waals surface area contributed by atoms with Crippen LogP contribution in [-0.4, -0.2) is 67.7 Å². The van der Waals surface area contributed by atoms with E-state index < -0.39 is 11.4 Å². The first-order valence-corrected chi connectivity index (χ1v) is 12.5. The molecular weight excluding hydrogens is 477 g/mol. The zero-order valence-electron chi connectivity index (χ0n) is 22.2. The second kappa shape index (κ2) is 9.99. The molecule has 10 heteroatoms. The van der Waals surface area contributed by atoms with E-state index in [2.05, 4.69) is 4.98 Å². The van der Waals surface area contributed by atoms with Gasteiger partial charge in [0.15, 0.2) is 0 Å². The van der Waals surface area contributed by atoms with E-state index in [4.69, 9.17) is 4.74 Å². The normalized spacial score (nSPS) is 14.9. The van der Waals surface area contributed by atoms with E-state index in [-0.39, 0.29) is 35.3 Å². The number of aromatic nitrogens is 3. The van der Waals surface area contributed by atoms with Crippen molar-refractivity contribution in [2.75, 3.05) is 20.1 Å². The van der Waals surface area contributed by atoms with E-state index in [9.17, 15) is 18.8 Å². The van der Waals surface area contributed by atoms with Crippen molar-refractivity contribution < 1.29 is 18.7 Å². The third kappa shape index (κ3) is 5.23. The third-order valence-corrected chi connectivity index (χ3v) is 6.68. The summed E-state index contributed by atoms with van der Waals surface area (Å²) in [6.07, 6.45) is 3.94. The van der Waals surface area contributed by atoms with Crippen LogP contribution < -0.4 is 5.69 Å². The van der Waals surface area contributed by atoms with Gasteiger partial charge in [-0.15, -0.1) is 0 Å². The molecule has 1 saturated heterocycles. The average molecular weight is 512 g/mol. The van der Waals surface area contributed by atoms with Crippen molar-refractivity contribution in [1.29, 1.82) is 0 Å². The number of benzene rings is 1. The lowest BCUT2D eigenvalue weighted by Crippen LogP contribution is -2.43. The highest BCUT2D eigenvalue weighted by Gasteiger charge is 2.31. The Morgan fingerprint density at radius 2 is 1.81 bits per heavy atom. The fourth-order valence-electron chi connectivity index (χ4n) is 4.59. The van der Waals surface area contributed by atoms with Crippen LogP contribution in [0.5, 0.6) is 0 Å². The van der Waals surface area contributed by atoms with Crippen molar-refractivity contribution in [2.24, 2.45) is 0 Å². The minimum atomic E-state index is -0.584. The molecule has 0 unspecified atom stereocenters. The molecule has 37 heavy (non-hydrogen) atoms. The highest BCUT2D eigenvalue weighted by Crippen LogP contribution is 2.29. The van der Waals surface area contributed by atoms with E-state index in [1.807, 2.05) is 34.6 Å². The van der Waals surface area contributed by atoms with Crippen LogP contribution in [0.3, 0.4) is 0 Å². The Hall–Kier alpha value is -3.69. The third-order valence-electron chi connectivity index (χ3n) is 6.68. The molecule has 0 saturated carbocycles. The largest absolute Gasteiger partial charge is 0.444 e. The molecule has 1 aromatic carbocycles. The van der Waals surface area contributed by atoms with Crippen LogP contribution in [0, 0.1) is 5.82 Å². The maximum Gasteiger partial charge on any atom is 0.410 e. The molecule has 0 atom stereocenters. The fraction of sp³-hybridized carbons (Fsp3) is 0.481. The number of amides is 2. The molecule has 2 amide bonds. The van der Waals surface area contributed by atoms with Gasteiger partial charge in [-0.25, -0.2) is 14.0 Å². The van der Waals surface area contributed by atoms with E-state index >= 15 is 0 Å². The Morgan fingerprint density at radius 1 is 1.14 bits per heavy atom. The summed E-state index contributed by atoms with van der Waals surface area (Å²) in [5, 5.41) is 0. The number of pyridine rings is 1. The first-order valence-electron chi connectivity index (χ1n) is 12.5. The SMILES string of the molecule is CC(C)N(C)C(=O)c1cc(F)ccc1-n1c(=O)n(C2CCN(C(=O)OC(C)(C)C)CC2)c2ccncc21. The van der Waals surface area contributed by atoms with Gasteiger partial charge in [-0.1, -0.05) is 0 Å². The van der Waals surface area contributed by atoms with Gasteiger partial charge in [0, 0.05) is 38.4 Å². The minimum Gasteiger partial charge on any atom is -0.444 e. The monoisotopic (exact) mass is 511 g/mol. The molecule has 0 spiro atoms. The molecule has 1 fully saturated rings. The Morgan fingerprint density at radius 3 is 2.43 bits per heavy atom. The zero-order chi connectivity index (χ0) is 27.1. The molecule has 3 heterocycles. The summed E-state index contributed by atoms with van der Waals surface area (Å²) in [6, 6.07) is 5.35. The Labute approximate surface area is 215 Å². The van der Waals surface area contributed by atoms with Crippen molar-refractivity contribution in [1.82, 2.24) is 23.9 Å². The quantitative estimate of drug-likeness (QED) is 0.519. The maximum absolute atomic E-state index is 14.3. The number of rotatable bonds is 4. The van der Waals surface area contributed by atoms with E-state index in [0.717, 1.165) is 0 Å². The number of nitrogens with zero attached hydrogens (tertiary/aromatic N) is 5. The molecule has 0 aliphatic carbocycles. The molecule has 0 radical (unpaired) electrons. The fourth-order valence-corrected chi connectivity index (χ4v) is 4.59. The summed E-state index contributed by atoms with van der Waals surface area (Å²) < 4.78 is 22.9. The van der Waals surface area contributed by atoms with Gasteiger partial charge in [0.2, 0.25) is 0 Å². The van der Waals surface area contributed by atoms with Gasteiger partial charge in [-0.3, -0.25) is 18.9 Å². The molecular formula is C27H34FN5O4. The van der Waals surface area contributed by atoms with E-state index in [1.54, 1.807) is 35.0 Å². The number of carbonyl (C=O) groups excluding carboxylic acids is 2. The molecule has 4 rings (SSSR count). The maximum atomic E-state index is 14.3. The molecule has 0 N–H and O–H groups in total. The topological polar surface area (TPSA) is 89.7 Å². The number of hydrogen-bond donors (Lipinski definition) is 0.